The van der Waals surface area contributed by atoms with Gasteiger partial charge in [0.1, 0.15) is 5.75 Å². The maximum atomic E-state index is 11.2. The number of ether oxygens (including phenoxy) is 1. The van der Waals surface area contributed by atoms with E-state index in [0.29, 0.717) is 0 Å². The molecule has 0 saturated carbocycles. The van der Waals surface area contributed by atoms with E-state index in [0.717, 1.165) is 6.07 Å². The summed E-state index contributed by atoms with van der Waals surface area (Å²) < 4.78 is 27.2. The number of nitrogens with two attached hydrogens (primary N) is 1. The Hall–Kier alpha value is -1.80. The molecule has 93 valence electrons. The molecule has 0 spiro atoms. The first-order valence-corrected chi connectivity index (χ1v) is 5.92. The lowest BCUT2D eigenvalue weighted by Crippen LogP contribution is -2.12. The second kappa shape index (κ2) is 4.60. The van der Waals surface area contributed by atoms with E-state index in [1.807, 2.05) is 0 Å². The number of methoxy groups -OCH3 is 1. The van der Waals surface area contributed by atoms with Crippen LogP contribution in [0.1, 0.15) is 5.56 Å². The fraction of sp³-hybridized carbons (Fsp3) is 0.222. The highest BCUT2D eigenvalue weighted by Crippen LogP contribution is 2.30. The monoisotopic (exact) mass is 259 g/mol. The molecular formula is C9H11N2O5S. The quantitative estimate of drug-likeness (QED) is 0.724. The van der Waals surface area contributed by atoms with Gasteiger partial charge in [-0.3, -0.25) is 4.79 Å². The number of carboxylic acids is 1. The van der Waals surface area contributed by atoms with Crippen LogP contribution in [-0.2, 0) is 21.2 Å². The Morgan fingerprint density at radius 3 is 2.53 bits per heavy atom. The third kappa shape index (κ3) is 2.86. The summed E-state index contributed by atoms with van der Waals surface area (Å²) in [6.45, 7) is 0. The molecule has 17 heavy (non-hydrogen) atoms. The average molecular weight is 259 g/mol. The largest absolute Gasteiger partial charge is 0.495 e. The highest BCUT2D eigenvalue weighted by Gasteiger charge is 2.21. The van der Waals surface area contributed by atoms with Crippen molar-refractivity contribution in [1.82, 2.24) is 5.14 Å². The topological polar surface area (TPSA) is 130 Å². The molecule has 1 aromatic carbocycles. The van der Waals surface area contributed by atoms with Crippen LogP contribution in [0, 0.1) is 0 Å². The van der Waals surface area contributed by atoms with Gasteiger partial charge in [0, 0.05) is 5.56 Å². The Kier molecular flexibility index (Phi) is 3.59. The zero-order valence-corrected chi connectivity index (χ0v) is 9.74. The van der Waals surface area contributed by atoms with Gasteiger partial charge in [-0.25, -0.2) is 8.42 Å². The molecule has 0 saturated heterocycles. The number of sulfonamides is 1. The van der Waals surface area contributed by atoms with Gasteiger partial charge >= 0.3 is 5.97 Å². The van der Waals surface area contributed by atoms with Gasteiger partial charge in [0.2, 0.25) is 0 Å². The number of carbonyl (C=O) groups is 1. The number of aliphatic carboxylic acids is 1. The minimum absolute atomic E-state index is 0.0803. The maximum absolute atomic E-state index is 11.2. The van der Waals surface area contributed by atoms with E-state index in [9.17, 15) is 13.2 Å². The predicted molar refractivity (Wildman–Crippen MR) is 59.0 cm³/mol. The Labute approximate surface area is 98.0 Å². The molecule has 0 aliphatic rings. The first-order valence-electron chi connectivity index (χ1n) is 4.44. The molecule has 0 atom stereocenters. The highest BCUT2D eigenvalue weighted by atomic mass is 32.2. The molecule has 0 unspecified atom stereocenters. The van der Waals surface area contributed by atoms with Gasteiger partial charge in [0.15, 0.2) is 0 Å². The van der Waals surface area contributed by atoms with Gasteiger partial charge in [-0.1, -0.05) is 0 Å². The Bertz CT molecular complexity index is 553. The van der Waals surface area contributed by atoms with Crippen LogP contribution in [0.2, 0.25) is 0 Å². The zero-order valence-electron chi connectivity index (χ0n) is 8.93. The summed E-state index contributed by atoms with van der Waals surface area (Å²) >= 11 is 0. The Balaban J connectivity index is 3.52. The van der Waals surface area contributed by atoms with E-state index in [4.69, 9.17) is 20.7 Å². The maximum Gasteiger partial charge on any atom is 0.307 e. The average Bonchev–Trinajstić information content (AvgIpc) is 2.18. The smallest absolute Gasteiger partial charge is 0.307 e. The molecule has 0 amide bonds. The van der Waals surface area contributed by atoms with Crippen LogP contribution in [0.5, 0.6) is 5.75 Å². The van der Waals surface area contributed by atoms with Crippen LogP contribution in [0.3, 0.4) is 0 Å². The number of hydrogen-bond donors (Lipinski definition) is 2. The third-order valence-electron chi connectivity index (χ3n) is 2.11. The molecule has 1 aromatic rings. The van der Waals surface area contributed by atoms with Crippen LogP contribution < -0.4 is 15.6 Å². The summed E-state index contributed by atoms with van der Waals surface area (Å²) in [5.41, 5.74) is 5.39. The fourth-order valence-corrected chi connectivity index (χ4v) is 2.14. The number of nitrogen functional groups attached to an aromatic ring is 1. The van der Waals surface area contributed by atoms with Crippen molar-refractivity contribution < 1.29 is 23.1 Å². The van der Waals surface area contributed by atoms with Gasteiger partial charge in [0.05, 0.1) is 24.1 Å². The standard InChI is InChI=1S/C9H11N2O5S/c1-16-6-2-3-7(17(11,14)15)5(9(6)10)4-8(12)13/h2-3,11H,4,10H2,1H3,(H,12,13). The van der Waals surface area contributed by atoms with E-state index >= 15 is 0 Å². The summed E-state index contributed by atoms with van der Waals surface area (Å²) in [6, 6.07) is 2.39. The van der Waals surface area contributed by atoms with Crippen molar-refractivity contribution in [2.75, 3.05) is 12.8 Å². The molecule has 8 heteroatoms. The number of rotatable bonds is 4. The van der Waals surface area contributed by atoms with Crippen LogP contribution in [-0.4, -0.2) is 26.6 Å². The van der Waals surface area contributed by atoms with Crippen molar-refractivity contribution in [3.63, 3.8) is 0 Å². The lowest BCUT2D eigenvalue weighted by Gasteiger charge is -2.12. The summed E-state index contributed by atoms with van der Waals surface area (Å²) in [7, 11) is -2.95. The van der Waals surface area contributed by atoms with E-state index < -0.39 is 27.3 Å². The molecule has 0 fully saturated rings. The van der Waals surface area contributed by atoms with Crippen molar-refractivity contribution in [3.8, 4) is 5.75 Å². The second-order valence-electron chi connectivity index (χ2n) is 3.23. The fourth-order valence-electron chi connectivity index (χ4n) is 1.39. The zero-order chi connectivity index (χ0) is 13.2. The summed E-state index contributed by atoms with van der Waals surface area (Å²) in [6.07, 6.45) is -0.587. The van der Waals surface area contributed by atoms with Crippen molar-refractivity contribution >= 4 is 21.7 Å². The van der Waals surface area contributed by atoms with E-state index in [1.165, 1.54) is 13.2 Å². The number of anilines is 1. The third-order valence-corrected chi connectivity index (χ3v) is 3.07. The molecular weight excluding hydrogens is 248 g/mol. The van der Waals surface area contributed by atoms with Gasteiger partial charge in [-0.2, -0.15) is 0 Å². The molecule has 0 aliphatic carbocycles. The number of carboxylic acid groups (broad SMARTS) is 1. The van der Waals surface area contributed by atoms with Crippen LogP contribution in [0.4, 0.5) is 5.69 Å². The van der Waals surface area contributed by atoms with Gasteiger partial charge in [0.25, 0.3) is 10.0 Å². The highest BCUT2D eigenvalue weighted by molar-refractivity contribution is 7.88. The van der Waals surface area contributed by atoms with Gasteiger partial charge in [-0.05, 0) is 12.1 Å². The summed E-state index contributed by atoms with van der Waals surface area (Å²) in [4.78, 5) is 10.2. The minimum atomic E-state index is -4.28. The van der Waals surface area contributed by atoms with E-state index in [-0.39, 0.29) is 17.0 Å². The molecule has 1 rings (SSSR count). The van der Waals surface area contributed by atoms with Crippen molar-refractivity contribution in [2.45, 2.75) is 11.3 Å². The lowest BCUT2D eigenvalue weighted by molar-refractivity contribution is -0.136. The normalized spacial score (nSPS) is 11.2. The molecule has 0 aromatic heterocycles. The second-order valence-corrected chi connectivity index (χ2v) is 4.68. The minimum Gasteiger partial charge on any atom is -0.495 e. The first kappa shape index (κ1) is 13.3. The molecule has 0 bridgehead atoms. The summed E-state index contributed by atoms with van der Waals surface area (Å²) in [5, 5.41) is 15.7. The van der Waals surface area contributed by atoms with Crippen LogP contribution in [0.15, 0.2) is 17.0 Å². The van der Waals surface area contributed by atoms with Crippen molar-refractivity contribution in [3.05, 3.63) is 17.7 Å². The Morgan fingerprint density at radius 1 is 1.53 bits per heavy atom. The first-order chi connectivity index (χ1) is 7.77. The van der Waals surface area contributed by atoms with Crippen LogP contribution in [0.25, 0.3) is 0 Å². The lowest BCUT2D eigenvalue weighted by atomic mass is 10.1. The molecule has 0 heterocycles. The predicted octanol–water partition coefficient (Wildman–Crippen LogP) is -0.124. The number of hydrogen-bond acceptors (Lipinski definition) is 5. The van der Waals surface area contributed by atoms with Gasteiger partial charge in [-0.15, -0.1) is 5.14 Å². The van der Waals surface area contributed by atoms with Crippen molar-refractivity contribution in [2.24, 2.45) is 0 Å². The SMILES string of the molecule is COc1ccc(S([NH])(=O)=O)c(CC(=O)O)c1N. The van der Waals surface area contributed by atoms with Crippen molar-refractivity contribution in [1.29, 1.82) is 0 Å². The molecule has 4 N–H and O–H groups in total. The van der Waals surface area contributed by atoms with E-state index in [2.05, 4.69) is 0 Å². The molecule has 1 radical (unpaired) electrons. The summed E-state index contributed by atoms with van der Waals surface area (Å²) in [5.74, 6) is -1.07. The van der Waals surface area contributed by atoms with Crippen LogP contribution >= 0.6 is 0 Å². The number of benzene rings is 1. The van der Waals surface area contributed by atoms with E-state index in [1.54, 1.807) is 0 Å². The van der Waals surface area contributed by atoms with Gasteiger partial charge < -0.3 is 15.6 Å². The number of nitrogens with one attached hydrogen (secondary N) is 1. The Morgan fingerprint density at radius 2 is 2.12 bits per heavy atom. The molecule has 7 nitrogen and oxygen atoms in total. The molecule has 0 aliphatic heterocycles.